The van der Waals surface area contributed by atoms with Crippen molar-refractivity contribution in [3.05, 3.63) is 38.0 Å². The Hall–Kier alpha value is -1.51. The van der Waals surface area contributed by atoms with Crippen LogP contribution in [0.3, 0.4) is 0 Å². The monoisotopic (exact) mass is 404 g/mol. The minimum atomic E-state index is -1.18. The van der Waals surface area contributed by atoms with Crippen LogP contribution >= 0.6 is 39.3 Å². The molecular weight excluding hydrogens is 396 g/mol. The number of carbonyl (C=O) groups is 1. The van der Waals surface area contributed by atoms with Crippen LogP contribution in [0.15, 0.2) is 31.2 Å². The first-order valence-corrected chi connectivity index (χ1v) is 8.02. The molecule has 9 heteroatoms. The van der Waals surface area contributed by atoms with E-state index in [1.165, 1.54) is 12.1 Å². The van der Waals surface area contributed by atoms with Crippen LogP contribution < -0.4 is 0 Å². The molecule has 0 aliphatic rings. The van der Waals surface area contributed by atoms with Gasteiger partial charge in [-0.15, -0.1) is 10.2 Å². The summed E-state index contributed by atoms with van der Waals surface area (Å²) in [6.45, 7) is 1.84. The average molecular weight is 406 g/mol. The van der Waals surface area contributed by atoms with E-state index < -0.39 is 5.97 Å². The Morgan fingerprint density at radius 3 is 2.82 bits per heavy atom. The van der Waals surface area contributed by atoms with Crippen LogP contribution in [0.2, 0.25) is 5.02 Å². The van der Waals surface area contributed by atoms with Gasteiger partial charge in [-0.25, -0.2) is 4.79 Å². The third-order valence-electron chi connectivity index (χ3n) is 2.50. The van der Waals surface area contributed by atoms with E-state index in [4.69, 9.17) is 16.0 Å². The van der Waals surface area contributed by atoms with Gasteiger partial charge in [-0.3, -0.25) is 0 Å². The molecular formula is C13H10BrClN2O4S. The van der Waals surface area contributed by atoms with Crippen LogP contribution in [0, 0.1) is 0 Å². The second-order valence-corrected chi connectivity index (χ2v) is 6.37. The molecule has 22 heavy (non-hydrogen) atoms. The number of halogens is 2. The second kappa shape index (κ2) is 7.17. The van der Waals surface area contributed by atoms with Gasteiger partial charge in [0.05, 0.1) is 5.02 Å². The molecule has 0 amide bonds. The summed E-state index contributed by atoms with van der Waals surface area (Å²) < 4.78 is 5.88. The van der Waals surface area contributed by atoms with E-state index >= 15 is 0 Å². The lowest BCUT2D eigenvalue weighted by atomic mass is 10.2. The molecule has 1 aromatic carbocycles. The van der Waals surface area contributed by atoms with Gasteiger partial charge in [0.1, 0.15) is 10.7 Å². The van der Waals surface area contributed by atoms with Gasteiger partial charge in [-0.05, 0) is 30.0 Å². The average Bonchev–Trinajstić information content (AvgIpc) is 2.91. The number of aliphatic carboxylic acids is 1. The minimum absolute atomic E-state index is 0.0873. The van der Waals surface area contributed by atoms with Crippen LogP contribution in [0.5, 0.6) is 5.75 Å². The first-order chi connectivity index (χ1) is 10.4. The Balaban J connectivity index is 2.37. The maximum atomic E-state index is 11.4. The number of carboxylic acids is 1. The molecule has 0 aliphatic carbocycles. The summed E-state index contributed by atoms with van der Waals surface area (Å²) in [7, 11) is 0. The Morgan fingerprint density at radius 2 is 2.23 bits per heavy atom. The smallest absolute Gasteiger partial charge is 0.342 e. The fourth-order valence-corrected chi connectivity index (χ4v) is 3.00. The molecule has 6 nitrogen and oxygen atoms in total. The van der Waals surface area contributed by atoms with Gasteiger partial charge in [0.25, 0.3) is 5.22 Å². The molecule has 0 radical (unpaired) electrons. The maximum absolute atomic E-state index is 11.4. The fourth-order valence-electron chi connectivity index (χ4n) is 1.49. The quantitative estimate of drug-likeness (QED) is 0.574. The van der Waals surface area contributed by atoms with E-state index in [-0.39, 0.29) is 26.5 Å². The zero-order valence-electron chi connectivity index (χ0n) is 11.2. The SMILES string of the molecule is CCc1nnc(S/C(=C\c2cc(Br)cc(Cl)c2O)C(=O)O)o1. The number of nitrogens with zero attached hydrogens (tertiary/aromatic N) is 2. The standard InChI is InChI=1S/C13H10BrClN2O4S/c1-2-10-16-17-13(21-10)22-9(12(19)20)4-6-3-7(14)5-8(15)11(6)18/h3-5,18H,2H2,1H3,(H,19,20)/b9-4-. The van der Waals surface area contributed by atoms with E-state index in [1.807, 2.05) is 6.92 Å². The first kappa shape index (κ1) is 16.9. The predicted octanol–water partition coefficient (Wildman–Crippen LogP) is 3.97. The lowest BCUT2D eigenvalue weighted by Gasteiger charge is -2.04. The molecule has 2 rings (SSSR count). The van der Waals surface area contributed by atoms with E-state index in [0.717, 1.165) is 11.8 Å². The molecule has 116 valence electrons. The Kier molecular flexibility index (Phi) is 5.49. The summed E-state index contributed by atoms with van der Waals surface area (Å²) in [5.74, 6) is -0.971. The van der Waals surface area contributed by atoms with Gasteiger partial charge in [0, 0.05) is 16.5 Å². The minimum Gasteiger partial charge on any atom is -0.506 e. The Bertz CT molecular complexity index is 748. The van der Waals surface area contributed by atoms with Crippen LogP contribution in [-0.4, -0.2) is 26.4 Å². The van der Waals surface area contributed by atoms with Crippen LogP contribution in [0.25, 0.3) is 6.08 Å². The van der Waals surface area contributed by atoms with Gasteiger partial charge in [0.2, 0.25) is 5.89 Å². The summed E-state index contributed by atoms with van der Waals surface area (Å²) in [6, 6.07) is 3.06. The van der Waals surface area contributed by atoms with Crippen LogP contribution in [0.4, 0.5) is 0 Å². The summed E-state index contributed by atoms with van der Waals surface area (Å²) in [6.07, 6.45) is 1.84. The highest BCUT2D eigenvalue weighted by molar-refractivity contribution is 9.10. The highest BCUT2D eigenvalue weighted by Crippen LogP contribution is 2.35. The van der Waals surface area contributed by atoms with Crippen molar-refractivity contribution in [1.82, 2.24) is 10.2 Å². The van der Waals surface area contributed by atoms with E-state index in [1.54, 1.807) is 6.07 Å². The molecule has 0 unspecified atom stereocenters. The molecule has 2 aromatic rings. The number of benzene rings is 1. The molecule has 0 bridgehead atoms. The largest absolute Gasteiger partial charge is 0.506 e. The lowest BCUT2D eigenvalue weighted by molar-refractivity contribution is -0.131. The molecule has 0 saturated heterocycles. The maximum Gasteiger partial charge on any atom is 0.342 e. The third kappa shape index (κ3) is 4.02. The number of hydrogen-bond donors (Lipinski definition) is 2. The van der Waals surface area contributed by atoms with Gasteiger partial charge < -0.3 is 14.6 Å². The van der Waals surface area contributed by atoms with Crippen molar-refractivity contribution in [2.75, 3.05) is 0 Å². The number of thioether (sulfide) groups is 1. The second-order valence-electron chi connectivity index (χ2n) is 4.06. The number of phenols is 1. The Labute approximate surface area is 143 Å². The number of rotatable bonds is 5. The van der Waals surface area contributed by atoms with E-state index in [2.05, 4.69) is 26.1 Å². The third-order valence-corrected chi connectivity index (χ3v) is 4.10. The summed E-state index contributed by atoms with van der Waals surface area (Å²) in [5, 5.41) is 26.9. The number of hydrogen-bond acceptors (Lipinski definition) is 6. The number of aryl methyl sites for hydroxylation is 1. The van der Waals surface area contributed by atoms with Crippen molar-refractivity contribution in [3.63, 3.8) is 0 Å². The summed E-state index contributed by atoms with van der Waals surface area (Å²) in [5.41, 5.74) is 0.263. The Morgan fingerprint density at radius 1 is 1.50 bits per heavy atom. The van der Waals surface area contributed by atoms with Crippen molar-refractivity contribution in [2.24, 2.45) is 0 Å². The lowest BCUT2D eigenvalue weighted by Crippen LogP contribution is -1.97. The van der Waals surface area contributed by atoms with Gasteiger partial charge in [-0.2, -0.15) is 0 Å². The summed E-state index contributed by atoms with van der Waals surface area (Å²) >= 11 is 9.89. The normalized spacial score (nSPS) is 11.7. The molecule has 0 spiro atoms. The molecule has 0 fully saturated rings. The molecule has 0 atom stereocenters. The number of carboxylic acid groups (broad SMARTS) is 1. The first-order valence-electron chi connectivity index (χ1n) is 6.04. The number of aromatic hydroxyl groups is 1. The zero-order chi connectivity index (χ0) is 16.3. The van der Waals surface area contributed by atoms with Crippen LogP contribution in [0.1, 0.15) is 18.4 Å². The van der Waals surface area contributed by atoms with Crippen LogP contribution in [-0.2, 0) is 11.2 Å². The highest BCUT2D eigenvalue weighted by Gasteiger charge is 2.16. The van der Waals surface area contributed by atoms with Crippen molar-refractivity contribution >= 4 is 51.3 Å². The molecule has 2 N–H and O–H groups in total. The van der Waals surface area contributed by atoms with E-state index in [9.17, 15) is 15.0 Å². The fraction of sp³-hybridized carbons (Fsp3) is 0.154. The predicted molar refractivity (Wildman–Crippen MR) is 86.0 cm³/mol. The van der Waals surface area contributed by atoms with Crippen molar-refractivity contribution < 1.29 is 19.4 Å². The molecule has 0 aliphatic heterocycles. The molecule has 1 heterocycles. The van der Waals surface area contributed by atoms with Gasteiger partial charge >= 0.3 is 5.97 Å². The van der Waals surface area contributed by atoms with Crippen molar-refractivity contribution in [2.45, 2.75) is 18.6 Å². The van der Waals surface area contributed by atoms with E-state index in [0.29, 0.717) is 16.8 Å². The number of aromatic nitrogens is 2. The van der Waals surface area contributed by atoms with Crippen molar-refractivity contribution in [3.8, 4) is 5.75 Å². The number of phenolic OH excluding ortho intramolecular Hbond substituents is 1. The molecule has 0 saturated carbocycles. The van der Waals surface area contributed by atoms with Gasteiger partial charge in [0.15, 0.2) is 0 Å². The topological polar surface area (TPSA) is 96.5 Å². The summed E-state index contributed by atoms with van der Waals surface area (Å²) in [4.78, 5) is 11.3. The zero-order valence-corrected chi connectivity index (χ0v) is 14.4. The highest BCUT2D eigenvalue weighted by atomic mass is 79.9. The molecule has 1 aromatic heterocycles. The van der Waals surface area contributed by atoms with Gasteiger partial charge in [-0.1, -0.05) is 34.5 Å². The van der Waals surface area contributed by atoms with Crippen molar-refractivity contribution in [1.29, 1.82) is 0 Å².